The lowest BCUT2D eigenvalue weighted by Crippen LogP contribution is -2.27. The van der Waals surface area contributed by atoms with Crippen molar-refractivity contribution in [3.63, 3.8) is 0 Å². The van der Waals surface area contributed by atoms with Gasteiger partial charge in [0, 0.05) is 22.6 Å². The van der Waals surface area contributed by atoms with Gasteiger partial charge in [0.2, 0.25) is 0 Å². The Balaban J connectivity index is 2.14. The topological polar surface area (TPSA) is 15.3 Å². The van der Waals surface area contributed by atoms with Gasteiger partial charge in [0.1, 0.15) is 5.82 Å². The number of hydrogen-bond donors (Lipinski definition) is 1. The number of hydrogen-bond acceptors (Lipinski definition) is 2. The van der Waals surface area contributed by atoms with Crippen LogP contribution in [-0.4, -0.2) is 31.1 Å². The van der Waals surface area contributed by atoms with Gasteiger partial charge in [-0.3, -0.25) is 0 Å². The molecule has 1 N–H and O–H groups in total. The van der Waals surface area contributed by atoms with Crippen LogP contribution in [0.2, 0.25) is 0 Å². The Bertz CT molecular complexity index is 382. The lowest BCUT2D eigenvalue weighted by atomic mass is 10.2. The lowest BCUT2D eigenvalue weighted by molar-refractivity contribution is 0.268. The fourth-order valence-corrected chi connectivity index (χ4v) is 2.09. The van der Waals surface area contributed by atoms with Crippen LogP contribution >= 0.6 is 15.9 Å². The van der Waals surface area contributed by atoms with Gasteiger partial charge in [0.25, 0.3) is 0 Å². The molecule has 0 saturated heterocycles. The predicted octanol–water partition coefficient (Wildman–Crippen LogP) is 3.80. The minimum Gasteiger partial charge on any atom is -0.313 e. The predicted molar refractivity (Wildman–Crippen MR) is 82.8 cm³/mol. The summed E-state index contributed by atoms with van der Waals surface area (Å²) in [5.41, 5.74) is 0.725. The zero-order chi connectivity index (χ0) is 14.3. The summed E-state index contributed by atoms with van der Waals surface area (Å²) in [4.78, 5) is 2.34. The number of halogens is 2. The van der Waals surface area contributed by atoms with E-state index in [1.807, 2.05) is 12.1 Å². The molecule has 1 aromatic rings. The van der Waals surface area contributed by atoms with Crippen molar-refractivity contribution in [1.29, 1.82) is 0 Å². The standard InChI is InChI=1S/C15H24BrFN2/c1-12(2)19(3)9-5-4-8-18-11-13-6-7-14(16)10-15(13)17/h6-7,10,12,18H,4-5,8-9,11H2,1-3H3. The van der Waals surface area contributed by atoms with Crippen molar-refractivity contribution in [3.05, 3.63) is 34.1 Å². The maximum Gasteiger partial charge on any atom is 0.128 e. The molecule has 1 aromatic carbocycles. The second-order valence-corrected chi connectivity index (χ2v) is 6.11. The average molecular weight is 331 g/mol. The molecule has 0 radical (unpaired) electrons. The van der Waals surface area contributed by atoms with Crippen molar-refractivity contribution in [2.75, 3.05) is 20.1 Å². The molecule has 4 heteroatoms. The molecule has 0 amide bonds. The van der Waals surface area contributed by atoms with Crippen LogP contribution in [0.4, 0.5) is 4.39 Å². The minimum absolute atomic E-state index is 0.151. The van der Waals surface area contributed by atoms with E-state index in [4.69, 9.17) is 0 Å². The molecule has 0 saturated carbocycles. The van der Waals surface area contributed by atoms with Crippen molar-refractivity contribution < 1.29 is 4.39 Å². The van der Waals surface area contributed by atoms with Crippen LogP contribution in [0.3, 0.4) is 0 Å². The SMILES string of the molecule is CC(C)N(C)CCCCNCc1ccc(Br)cc1F. The number of nitrogens with one attached hydrogen (secondary N) is 1. The highest BCUT2D eigenvalue weighted by atomic mass is 79.9. The van der Waals surface area contributed by atoms with Gasteiger partial charge in [-0.15, -0.1) is 0 Å². The van der Waals surface area contributed by atoms with Crippen molar-refractivity contribution >= 4 is 15.9 Å². The van der Waals surface area contributed by atoms with Crippen LogP contribution in [0.25, 0.3) is 0 Å². The van der Waals surface area contributed by atoms with E-state index in [-0.39, 0.29) is 5.82 Å². The molecular weight excluding hydrogens is 307 g/mol. The van der Waals surface area contributed by atoms with Crippen LogP contribution in [0.15, 0.2) is 22.7 Å². The fourth-order valence-electron chi connectivity index (χ4n) is 1.76. The van der Waals surface area contributed by atoms with Crippen molar-refractivity contribution in [2.45, 2.75) is 39.3 Å². The van der Waals surface area contributed by atoms with Gasteiger partial charge in [-0.05, 0) is 59.0 Å². The lowest BCUT2D eigenvalue weighted by Gasteiger charge is -2.20. The monoisotopic (exact) mass is 330 g/mol. The highest BCUT2D eigenvalue weighted by molar-refractivity contribution is 9.10. The summed E-state index contributed by atoms with van der Waals surface area (Å²) in [6.07, 6.45) is 2.29. The molecule has 0 aromatic heterocycles. The maximum atomic E-state index is 13.5. The number of unbranched alkanes of at least 4 members (excludes halogenated alkanes) is 1. The molecule has 0 atom stereocenters. The third kappa shape index (κ3) is 6.50. The highest BCUT2D eigenvalue weighted by Crippen LogP contribution is 2.14. The third-order valence-corrected chi connectivity index (χ3v) is 3.82. The summed E-state index contributed by atoms with van der Waals surface area (Å²) in [7, 11) is 2.15. The summed E-state index contributed by atoms with van der Waals surface area (Å²) in [6, 6.07) is 5.80. The molecule has 0 heterocycles. The van der Waals surface area contributed by atoms with Crippen LogP contribution in [0.1, 0.15) is 32.3 Å². The summed E-state index contributed by atoms with van der Waals surface area (Å²) in [5.74, 6) is -0.151. The molecule has 0 bridgehead atoms. The molecule has 0 fully saturated rings. The Labute approximate surface area is 124 Å². The van der Waals surface area contributed by atoms with Gasteiger partial charge < -0.3 is 10.2 Å². The van der Waals surface area contributed by atoms with Crippen molar-refractivity contribution in [1.82, 2.24) is 10.2 Å². The Morgan fingerprint density at radius 2 is 2.05 bits per heavy atom. The first-order chi connectivity index (χ1) is 9.00. The minimum atomic E-state index is -0.151. The zero-order valence-corrected chi connectivity index (χ0v) is 13.6. The van der Waals surface area contributed by atoms with Gasteiger partial charge in [0.15, 0.2) is 0 Å². The maximum absolute atomic E-state index is 13.5. The van der Waals surface area contributed by atoms with E-state index < -0.39 is 0 Å². The van der Waals surface area contributed by atoms with E-state index >= 15 is 0 Å². The molecule has 0 aliphatic heterocycles. The number of rotatable bonds is 8. The van der Waals surface area contributed by atoms with Crippen molar-refractivity contribution in [2.24, 2.45) is 0 Å². The Hall–Kier alpha value is -0.450. The van der Waals surface area contributed by atoms with E-state index in [1.54, 1.807) is 0 Å². The summed E-state index contributed by atoms with van der Waals surface area (Å²) < 4.78 is 14.3. The molecule has 0 unspecified atom stereocenters. The van der Waals surface area contributed by atoms with E-state index in [9.17, 15) is 4.39 Å². The highest BCUT2D eigenvalue weighted by Gasteiger charge is 2.03. The van der Waals surface area contributed by atoms with E-state index in [2.05, 4.69) is 47.0 Å². The Morgan fingerprint density at radius 1 is 1.32 bits per heavy atom. The Morgan fingerprint density at radius 3 is 2.68 bits per heavy atom. The van der Waals surface area contributed by atoms with Gasteiger partial charge in [-0.2, -0.15) is 0 Å². The molecule has 0 aliphatic rings. The molecule has 2 nitrogen and oxygen atoms in total. The first-order valence-electron chi connectivity index (χ1n) is 6.85. The number of benzene rings is 1. The summed E-state index contributed by atoms with van der Waals surface area (Å²) in [6.45, 7) is 7.05. The third-order valence-electron chi connectivity index (χ3n) is 3.33. The van der Waals surface area contributed by atoms with E-state index in [0.717, 1.165) is 29.5 Å². The zero-order valence-electron chi connectivity index (χ0n) is 12.0. The summed E-state index contributed by atoms with van der Waals surface area (Å²) in [5, 5.41) is 3.29. The molecule has 108 valence electrons. The first kappa shape index (κ1) is 16.6. The average Bonchev–Trinajstić information content (AvgIpc) is 2.35. The summed E-state index contributed by atoms with van der Waals surface area (Å²) >= 11 is 3.26. The second-order valence-electron chi connectivity index (χ2n) is 5.19. The van der Waals surface area contributed by atoms with Gasteiger partial charge in [-0.1, -0.05) is 22.0 Å². The molecule has 0 spiro atoms. The van der Waals surface area contributed by atoms with Crippen molar-refractivity contribution in [3.8, 4) is 0 Å². The Kier molecular flexibility index (Phi) is 7.57. The first-order valence-corrected chi connectivity index (χ1v) is 7.65. The molecular formula is C15H24BrFN2. The van der Waals surface area contributed by atoms with Gasteiger partial charge in [-0.25, -0.2) is 4.39 Å². The van der Waals surface area contributed by atoms with Crippen LogP contribution in [-0.2, 0) is 6.54 Å². The quantitative estimate of drug-likeness (QED) is 0.729. The van der Waals surface area contributed by atoms with Crippen LogP contribution in [0, 0.1) is 5.82 Å². The van der Waals surface area contributed by atoms with Gasteiger partial charge in [0.05, 0.1) is 0 Å². The van der Waals surface area contributed by atoms with E-state index in [0.29, 0.717) is 12.6 Å². The largest absolute Gasteiger partial charge is 0.313 e. The second kappa shape index (κ2) is 8.67. The normalized spacial score (nSPS) is 11.5. The molecule has 0 aliphatic carbocycles. The molecule has 19 heavy (non-hydrogen) atoms. The number of nitrogens with zero attached hydrogens (tertiary/aromatic N) is 1. The fraction of sp³-hybridized carbons (Fsp3) is 0.600. The molecule has 1 rings (SSSR count). The van der Waals surface area contributed by atoms with Gasteiger partial charge >= 0.3 is 0 Å². The smallest absolute Gasteiger partial charge is 0.128 e. The van der Waals surface area contributed by atoms with E-state index in [1.165, 1.54) is 12.5 Å². The van der Waals surface area contributed by atoms with Crippen LogP contribution in [0.5, 0.6) is 0 Å². The van der Waals surface area contributed by atoms with Crippen LogP contribution < -0.4 is 5.32 Å².